The van der Waals surface area contributed by atoms with Crippen LogP contribution in [0.2, 0.25) is 0 Å². The lowest BCUT2D eigenvalue weighted by Gasteiger charge is -2.16. The van der Waals surface area contributed by atoms with Crippen molar-refractivity contribution in [2.75, 3.05) is 13.1 Å². The number of nitrogens with zero attached hydrogens (tertiary/aromatic N) is 1. The first-order valence-electron chi connectivity index (χ1n) is 6.02. The summed E-state index contributed by atoms with van der Waals surface area (Å²) in [6.07, 6.45) is 0.909. The van der Waals surface area contributed by atoms with Crippen LogP contribution in [0, 0.1) is 5.92 Å². The average Bonchev–Trinajstić information content (AvgIpc) is 2.95. The zero-order valence-corrected chi connectivity index (χ0v) is 12.7. The van der Waals surface area contributed by atoms with Gasteiger partial charge < -0.3 is 15.3 Å². The predicted molar refractivity (Wildman–Crippen MR) is 76.2 cm³/mol. The molecule has 7 heteroatoms. The highest BCUT2D eigenvalue weighted by Crippen LogP contribution is 2.21. The fraction of sp³-hybridized carbons (Fsp3) is 0.500. The number of thiophene rings is 1. The third-order valence-electron chi connectivity index (χ3n) is 3.07. The maximum absolute atomic E-state index is 11.9. The maximum atomic E-state index is 11.9. The van der Waals surface area contributed by atoms with Gasteiger partial charge in [0.25, 0.3) is 0 Å². The molecule has 0 bridgehead atoms. The lowest BCUT2D eigenvalue weighted by atomic mass is 10.1. The molecule has 104 valence electrons. The molecule has 1 aliphatic rings. The Kier molecular flexibility index (Phi) is 4.81. The van der Waals surface area contributed by atoms with E-state index in [9.17, 15) is 9.59 Å². The summed E-state index contributed by atoms with van der Waals surface area (Å²) in [5.41, 5.74) is 0. The molecule has 0 spiro atoms. The van der Waals surface area contributed by atoms with Crippen LogP contribution in [0.3, 0.4) is 0 Å². The van der Waals surface area contributed by atoms with Crippen LogP contribution in [0.5, 0.6) is 0 Å². The molecule has 1 fully saturated rings. The second-order valence-electron chi connectivity index (χ2n) is 4.59. The summed E-state index contributed by atoms with van der Waals surface area (Å²) in [7, 11) is 0. The number of urea groups is 1. The standard InChI is InChI=1S/C12H15BrN2O3S/c13-9-4-10(19-7-9)5-14-12(18)15-2-1-8(6-15)3-11(16)17/h4,7-8H,1-3,5-6H2,(H,14,18)(H,16,17). The fourth-order valence-corrected chi connectivity index (χ4v) is 3.54. The summed E-state index contributed by atoms with van der Waals surface area (Å²) >= 11 is 4.95. The van der Waals surface area contributed by atoms with E-state index in [0.717, 1.165) is 15.8 Å². The van der Waals surface area contributed by atoms with Crippen molar-refractivity contribution in [3.05, 3.63) is 20.8 Å². The second-order valence-corrected chi connectivity index (χ2v) is 6.50. The van der Waals surface area contributed by atoms with Crippen molar-refractivity contribution < 1.29 is 14.7 Å². The quantitative estimate of drug-likeness (QED) is 0.879. The van der Waals surface area contributed by atoms with Gasteiger partial charge >= 0.3 is 12.0 Å². The summed E-state index contributed by atoms with van der Waals surface area (Å²) in [6, 6.07) is 1.86. The summed E-state index contributed by atoms with van der Waals surface area (Å²) in [4.78, 5) is 25.3. The number of halogens is 1. The maximum Gasteiger partial charge on any atom is 0.317 e. The first-order valence-corrected chi connectivity index (χ1v) is 7.69. The van der Waals surface area contributed by atoms with Crippen molar-refractivity contribution in [3.8, 4) is 0 Å². The van der Waals surface area contributed by atoms with Gasteiger partial charge in [-0.25, -0.2) is 4.79 Å². The number of hydrogen-bond donors (Lipinski definition) is 2. The largest absolute Gasteiger partial charge is 0.481 e. The van der Waals surface area contributed by atoms with Crippen LogP contribution in [0.1, 0.15) is 17.7 Å². The van der Waals surface area contributed by atoms with E-state index in [-0.39, 0.29) is 18.4 Å². The van der Waals surface area contributed by atoms with E-state index >= 15 is 0 Å². The molecule has 0 aliphatic carbocycles. The Hall–Kier alpha value is -1.08. The number of carbonyl (C=O) groups excluding carboxylic acids is 1. The Bertz CT molecular complexity index is 477. The van der Waals surface area contributed by atoms with Gasteiger partial charge in [-0.05, 0) is 34.3 Å². The highest BCUT2D eigenvalue weighted by atomic mass is 79.9. The van der Waals surface area contributed by atoms with Gasteiger partial charge in [0.05, 0.1) is 6.54 Å². The lowest BCUT2D eigenvalue weighted by Crippen LogP contribution is -2.38. The minimum Gasteiger partial charge on any atom is -0.481 e. The highest BCUT2D eigenvalue weighted by Gasteiger charge is 2.27. The van der Waals surface area contributed by atoms with E-state index < -0.39 is 5.97 Å². The molecule has 1 aliphatic heterocycles. The van der Waals surface area contributed by atoms with Gasteiger partial charge in [-0.3, -0.25) is 4.79 Å². The van der Waals surface area contributed by atoms with Gasteiger partial charge in [0, 0.05) is 34.2 Å². The number of carboxylic acid groups (broad SMARTS) is 1. The minimum atomic E-state index is -0.796. The molecule has 2 amide bonds. The topological polar surface area (TPSA) is 69.6 Å². The molecule has 2 rings (SSSR count). The number of amides is 2. The van der Waals surface area contributed by atoms with Gasteiger partial charge in [-0.1, -0.05) is 0 Å². The Morgan fingerprint density at radius 3 is 3.00 bits per heavy atom. The molecule has 0 radical (unpaired) electrons. The SMILES string of the molecule is O=C(O)CC1CCN(C(=O)NCc2cc(Br)cs2)C1. The van der Waals surface area contributed by atoms with Crippen molar-refractivity contribution in [2.24, 2.45) is 5.92 Å². The number of nitrogens with one attached hydrogen (secondary N) is 1. The molecule has 1 saturated heterocycles. The van der Waals surface area contributed by atoms with E-state index in [1.165, 1.54) is 0 Å². The van der Waals surface area contributed by atoms with E-state index in [2.05, 4.69) is 21.2 Å². The van der Waals surface area contributed by atoms with Gasteiger partial charge in [0.15, 0.2) is 0 Å². The van der Waals surface area contributed by atoms with Crippen molar-refractivity contribution in [2.45, 2.75) is 19.4 Å². The van der Waals surface area contributed by atoms with E-state index in [1.807, 2.05) is 11.4 Å². The fourth-order valence-electron chi connectivity index (χ4n) is 2.15. The van der Waals surface area contributed by atoms with Crippen LogP contribution in [0.15, 0.2) is 15.9 Å². The van der Waals surface area contributed by atoms with E-state index in [1.54, 1.807) is 16.2 Å². The molecule has 1 unspecified atom stereocenters. The lowest BCUT2D eigenvalue weighted by molar-refractivity contribution is -0.138. The summed E-state index contributed by atoms with van der Waals surface area (Å²) in [5, 5.41) is 13.6. The van der Waals surface area contributed by atoms with Crippen molar-refractivity contribution in [1.82, 2.24) is 10.2 Å². The van der Waals surface area contributed by atoms with Gasteiger partial charge in [-0.15, -0.1) is 11.3 Å². The number of aliphatic carboxylic acids is 1. The van der Waals surface area contributed by atoms with E-state index in [0.29, 0.717) is 19.6 Å². The Morgan fingerprint density at radius 1 is 1.58 bits per heavy atom. The van der Waals surface area contributed by atoms with Gasteiger partial charge in [0.1, 0.15) is 0 Å². The molecule has 5 nitrogen and oxygen atoms in total. The molecule has 1 atom stereocenters. The average molecular weight is 347 g/mol. The van der Waals surface area contributed by atoms with Crippen LogP contribution in [-0.2, 0) is 11.3 Å². The number of hydrogen-bond acceptors (Lipinski definition) is 3. The van der Waals surface area contributed by atoms with Crippen LogP contribution >= 0.6 is 27.3 Å². The van der Waals surface area contributed by atoms with Crippen LogP contribution < -0.4 is 5.32 Å². The molecule has 1 aromatic heterocycles. The van der Waals surface area contributed by atoms with Gasteiger partial charge in [-0.2, -0.15) is 0 Å². The third-order valence-corrected chi connectivity index (χ3v) is 4.77. The van der Waals surface area contributed by atoms with Crippen LogP contribution in [0.25, 0.3) is 0 Å². The molecular formula is C12H15BrN2O3S. The first-order chi connectivity index (χ1) is 9.04. The molecule has 2 N–H and O–H groups in total. The van der Waals surface area contributed by atoms with E-state index in [4.69, 9.17) is 5.11 Å². The monoisotopic (exact) mass is 346 g/mol. The number of carboxylic acids is 1. The molecule has 0 aromatic carbocycles. The molecule has 2 heterocycles. The summed E-state index contributed by atoms with van der Waals surface area (Å²) < 4.78 is 1.02. The van der Waals surface area contributed by atoms with Crippen LogP contribution in [-0.4, -0.2) is 35.1 Å². The third kappa shape index (κ3) is 4.21. The normalized spacial score (nSPS) is 18.6. The first kappa shape index (κ1) is 14.3. The minimum absolute atomic E-state index is 0.0825. The number of carbonyl (C=O) groups is 2. The Balaban J connectivity index is 1.76. The summed E-state index contributed by atoms with van der Waals surface area (Å²) in [5.74, 6) is -0.713. The van der Waals surface area contributed by atoms with Gasteiger partial charge in [0.2, 0.25) is 0 Å². The van der Waals surface area contributed by atoms with Crippen LogP contribution in [0.4, 0.5) is 4.79 Å². The molecule has 19 heavy (non-hydrogen) atoms. The second kappa shape index (κ2) is 6.38. The Labute approximate surface area is 123 Å². The van der Waals surface area contributed by atoms with Crippen molar-refractivity contribution in [1.29, 1.82) is 0 Å². The molecular weight excluding hydrogens is 332 g/mol. The van der Waals surface area contributed by atoms with Crippen molar-refractivity contribution >= 4 is 39.3 Å². The summed E-state index contributed by atoms with van der Waals surface area (Å²) in [6.45, 7) is 1.68. The zero-order valence-electron chi connectivity index (χ0n) is 10.3. The number of rotatable bonds is 4. The molecule has 1 aromatic rings. The Morgan fingerprint density at radius 2 is 2.37 bits per heavy atom. The number of likely N-dealkylation sites (tertiary alicyclic amines) is 1. The highest BCUT2D eigenvalue weighted by molar-refractivity contribution is 9.10. The van der Waals surface area contributed by atoms with Crippen molar-refractivity contribution in [3.63, 3.8) is 0 Å². The predicted octanol–water partition coefficient (Wildman–Crippen LogP) is 2.52. The molecule has 0 saturated carbocycles. The zero-order chi connectivity index (χ0) is 13.8. The smallest absolute Gasteiger partial charge is 0.317 e.